The van der Waals surface area contributed by atoms with Crippen molar-refractivity contribution in [2.45, 2.75) is 56.7 Å². The van der Waals surface area contributed by atoms with E-state index in [1.807, 2.05) is 6.92 Å². The van der Waals surface area contributed by atoms with Crippen LogP contribution < -0.4 is 5.32 Å². The van der Waals surface area contributed by atoms with Crippen molar-refractivity contribution in [3.63, 3.8) is 0 Å². The molecule has 0 radical (unpaired) electrons. The quantitative estimate of drug-likeness (QED) is 0.794. The number of hydrogen-bond acceptors (Lipinski definition) is 4. The summed E-state index contributed by atoms with van der Waals surface area (Å²) < 4.78 is 5.70. The Morgan fingerprint density at radius 2 is 2.05 bits per heavy atom. The Labute approximate surface area is 124 Å². The molecule has 6 heteroatoms. The van der Waals surface area contributed by atoms with E-state index in [2.05, 4.69) is 5.32 Å². The summed E-state index contributed by atoms with van der Waals surface area (Å²) in [7, 11) is 0. The molecular formula is C15H24N2O4. The predicted octanol–water partition coefficient (Wildman–Crippen LogP) is 0.609. The Balaban J connectivity index is 1.67. The van der Waals surface area contributed by atoms with Gasteiger partial charge in [-0.25, -0.2) is 4.79 Å². The minimum Gasteiger partial charge on any atom is -0.480 e. The van der Waals surface area contributed by atoms with E-state index in [-0.39, 0.29) is 24.2 Å². The Bertz CT molecular complexity index is 435. The van der Waals surface area contributed by atoms with E-state index in [1.165, 1.54) is 0 Å². The summed E-state index contributed by atoms with van der Waals surface area (Å²) in [5.74, 6) is -0.691. The largest absolute Gasteiger partial charge is 0.480 e. The van der Waals surface area contributed by atoms with Crippen molar-refractivity contribution in [2.75, 3.05) is 19.7 Å². The second kappa shape index (κ2) is 5.57. The minimum atomic E-state index is -0.880. The smallest absolute Gasteiger partial charge is 0.326 e. The lowest BCUT2D eigenvalue weighted by molar-refractivity contribution is -0.157. The molecule has 1 aliphatic carbocycles. The fourth-order valence-corrected chi connectivity index (χ4v) is 3.93. The average molecular weight is 296 g/mol. The number of ether oxygens (including phenoxy) is 1. The molecule has 0 bridgehead atoms. The lowest BCUT2D eigenvalue weighted by Crippen LogP contribution is -2.60. The van der Waals surface area contributed by atoms with Crippen LogP contribution in [0.25, 0.3) is 0 Å². The van der Waals surface area contributed by atoms with E-state index in [9.17, 15) is 14.7 Å². The second-order valence-corrected chi connectivity index (χ2v) is 6.84. The molecule has 2 saturated heterocycles. The van der Waals surface area contributed by atoms with E-state index in [4.69, 9.17) is 4.74 Å². The van der Waals surface area contributed by atoms with Gasteiger partial charge in [-0.15, -0.1) is 0 Å². The average Bonchev–Trinajstić information content (AvgIpc) is 2.82. The van der Waals surface area contributed by atoms with Gasteiger partial charge in [0.25, 0.3) is 0 Å². The minimum absolute atomic E-state index is 0.00875. The summed E-state index contributed by atoms with van der Waals surface area (Å²) >= 11 is 0. The zero-order chi connectivity index (χ0) is 15.0. The van der Waals surface area contributed by atoms with Crippen molar-refractivity contribution in [3.05, 3.63) is 0 Å². The topological polar surface area (TPSA) is 78.9 Å². The summed E-state index contributed by atoms with van der Waals surface area (Å²) in [6, 6.07) is -0.565. The SMILES string of the molecule is CC1(OCC(=O)N2C(C(=O)O)CC3CCCCC32)CNC1. The highest BCUT2D eigenvalue weighted by molar-refractivity contribution is 5.85. The molecule has 2 heterocycles. The molecule has 21 heavy (non-hydrogen) atoms. The van der Waals surface area contributed by atoms with Crippen molar-refractivity contribution in [1.29, 1.82) is 0 Å². The molecule has 118 valence electrons. The number of carbonyl (C=O) groups is 2. The van der Waals surface area contributed by atoms with Gasteiger partial charge in [-0.1, -0.05) is 12.8 Å². The lowest BCUT2D eigenvalue weighted by atomic mass is 9.85. The molecule has 3 aliphatic rings. The van der Waals surface area contributed by atoms with Crippen molar-refractivity contribution in [3.8, 4) is 0 Å². The van der Waals surface area contributed by atoms with E-state index in [0.717, 1.165) is 38.8 Å². The number of likely N-dealkylation sites (tertiary alicyclic amines) is 1. The highest BCUT2D eigenvalue weighted by Crippen LogP contribution is 2.39. The van der Waals surface area contributed by atoms with Crippen LogP contribution in [0.15, 0.2) is 0 Å². The van der Waals surface area contributed by atoms with Crippen LogP contribution in [0.1, 0.15) is 39.0 Å². The molecule has 0 aromatic carbocycles. The molecule has 3 rings (SSSR count). The number of carboxylic acid groups (broad SMARTS) is 1. The first kappa shape index (κ1) is 14.8. The number of amides is 1. The molecule has 3 atom stereocenters. The molecule has 3 unspecified atom stereocenters. The molecule has 0 aromatic rings. The number of fused-ring (bicyclic) bond motifs is 1. The van der Waals surface area contributed by atoms with E-state index < -0.39 is 12.0 Å². The van der Waals surface area contributed by atoms with Crippen LogP contribution in [0, 0.1) is 5.92 Å². The van der Waals surface area contributed by atoms with E-state index in [1.54, 1.807) is 4.90 Å². The number of rotatable bonds is 4. The van der Waals surface area contributed by atoms with Crippen LogP contribution >= 0.6 is 0 Å². The van der Waals surface area contributed by atoms with Gasteiger partial charge in [-0.2, -0.15) is 0 Å². The summed E-state index contributed by atoms with van der Waals surface area (Å²) in [5.41, 5.74) is -0.278. The molecule has 2 aliphatic heterocycles. The van der Waals surface area contributed by atoms with Gasteiger partial charge >= 0.3 is 5.97 Å². The number of nitrogens with zero attached hydrogens (tertiary/aromatic N) is 1. The van der Waals surface area contributed by atoms with Crippen LogP contribution in [-0.2, 0) is 14.3 Å². The van der Waals surface area contributed by atoms with Crippen LogP contribution in [0.3, 0.4) is 0 Å². The fourth-order valence-electron chi connectivity index (χ4n) is 3.93. The number of hydrogen-bond donors (Lipinski definition) is 2. The maximum Gasteiger partial charge on any atom is 0.326 e. The maximum atomic E-state index is 12.5. The van der Waals surface area contributed by atoms with Gasteiger partial charge in [-0.3, -0.25) is 4.79 Å². The molecule has 3 fully saturated rings. The first-order chi connectivity index (χ1) is 10.0. The van der Waals surface area contributed by atoms with Crippen LogP contribution in [0.2, 0.25) is 0 Å². The predicted molar refractivity (Wildman–Crippen MR) is 75.9 cm³/mol. The molecule has 2 N–H and O–H groups in total. The van der Waals surface area contributed by atoms with Gasteiger partial charge in [0.05, 0.1) is 5.60 Å². The third-order valence-electron chi connectivity index (χ3n) is 5.20. The third kappa shape index (κ3) is 2.79. The van der Waals surface area contributed by atoms with Gasteiger partial charge in [0.15, 0.2) is 0 Å². The lowest BCUT2D eigenvalue weighted by Gasteiger charge is -2.40. The van der Waals surface area contributed by atoms with Gasteiger partial charge in [0, 0.05) is 19.1 Å². The molecule has 0 spiro atoms. The summed E-state index contributed by atoms with van der Waals surface area (Å²) in [6.45, 7) is 3.45. The Morgan fingerprint density at radius 1 is 1.33 bits per heavy atom. The molecule has 1 amide bonds. The van der Waals surface area contributed by atoms with E-state index >= 15 is 0 Å². The number of carboxylic acids is 1. The molecule has 1 saturated carbocycles. The highest BCUT2D eigenvalue weighted by Gasteiger charge is 2.47. The summed E-state index contributed by atoms with van der Waals surface area (Å²) in [6.07, 6.45) is 4.81. The first-order valence-corrected chi connectivity index (χ1v) is 7.89. The summed E-state index contributed by atoms with van der Waals surface area (Å²) in [5, 5.41) is 12.5. The van der Waals surface area contributed by atoms with Crippen LogP contribution in [0.4, 0.5) is 0 Å². The zero-order valence-corrected chi connectivity index (χ0v) is 12.5. The Morgan fingerprint density at radius 3 is 2.67 bits per heavy atom. The summed E-state index contributed by atoms with van der Waals surface area (Å²) in [4.78, 5) is 25.6. The van der Waals surface area contributed by atoms with Crippen molar-refractivity contribution < 1.29 is 19.4 Å². The molecular weight excluding hydrogens is 272 g/mol. The van der Waals surface area contributed by atoms with Crippen molar-refractivity contribution in [1.82, 2.24) is 10.2 Å². The van der Waals surface area contributed by atoms with E-state index in [0.29, 0.717) is 12.3 Å². The Kier molecular flexibility index (Phi) is 3.92. The standard InChI is InChI=1S/C15H24N2O4/c1-15(8-16-9-15)21-7-13(18)17-11-5-3-2-4-10(11)6-12(17)14(19)20/h10-12,16H,2-9H2,1H3,(H,19,20). The number of carbonyl (C=O) groups excluding carboxylic acids is 1. The third-order valence-corrected chi connectivity index (χ3v) is 5.20. The van der Waals surface area contributed by atoms with Crippen LogP contribution in [-0.4, -0.2) is 59.3 Å². The van der Waals surface area contributed by atoms with Gasteiger partial charge in [-0.05, 0) is 32.1 Å². The van der Waals surface area contributed by atoms with Crippen molar-refractivity contribution in [2.24, 2.45) is 5.92 Å². The second-order valence-electron chi connectivity index (χ2n) is 6.84. The fraction of sp³-hybridized carbons (Fsp3) is 0.867. The van der Waals surface area contributed by atoms with Crippen LogP contribution in [0.5, 0.6) is 0 Å². The maximum absolute atomic E-state index is 12.5. The van der Waals surface area contributed by atoms with Gasteiger partial charge < -0.3 is 20.1 Å². The number of aliphatic carboxylic acids is 1. The van der Waals surface area contributed by atoms with Gasteiger partial charge in [0.2, 0.25) is 5.91 Å². The monoisotopic (exact) mass is 296 g/mol. The highest BCUT2D eigenvalue weighted by atomic mass is 16.5. The normalized spacial score (nSPS) is 34.1. The van der Waals surface area contributed by atoms with Gasteiger partial charge in [0.1, 0.15) is 12.6 Å². The molecule has 0 aromatic heterocycles. The first-order valence-electron chi connectivity index (χ1n) is 7.89. The number of nitrogens with one attached hydrogen (secondary N) is 1. The molecule has 6 nitrogen and oxygen atoms in total. The Hall–Kier alpha value is -1.14. The zero-order valence-electron chi connectivity index (χ0n) is 12.5. The van der Waals surface area contributed by atoms with Crippen molar-refractivity contribution >= 4 is 11.9 Å².